The molecule has 1 heterocycles. The van der Waals surface area contributed by atoms with Crippen LogP contribution < -0.4 is 0 Å². The van der Waals surface area contributed by atoms with E-state index in [9.17, 15) is 20.1 Å². The third-order valence-electron chi connectivity index (χ3n) is 3.02. The second-order valence-electron chi connectivity index (χ2n) is 4.68. The fourth-order valence-corrected chi connectivity index (χ4v) is 2.67. The molecule has 0 saturated carbocycles. The first-order valence-corrected chi connectivity index (χ1v) is 7.84. The van der Waals surface area contributed by atoms with Gasteiger partial charge in [0.15, 0.2) is 6.29 Å². The lowest BCUT2D eigenvalue weighted by Crippen LogP contribution is -2.59. The number of rotatable bonds is 9. The van der Waals surface area contributed by atoms with Crippen molar-refractivity contribution in [3.63, 3.8) is 0 Å². The Morgan fingerprint density at radius 2 is 1.86 bits per heavy atom. The summed E-state index contributed by atoms with van der Waals surface area (Å²) in [6.07, 6.45) is -5.56. The molecule has 0 amide bonds. The van der Waals surface area contributed by atoms with Gasteiger partial charge in [0.25, 0.3) is 0 Å². The maximum absolute atomic E-state index is 10.3. The standard InChI is InChI=1S/C12H22O8S/c13-6-7-9(16)10(17)11(18)12(20-7)19-3-1-4-21-5-2-8(14)15/h7,9-13,16-18H,1-6H2,(H,14,15)/t7-,9+,10+,11-,12?/m1/s1. The molecule has 0 aromatic carbocycles. The highest BCUT2D eigenvalue weighted by Crippen LogP contribution is 2.22. The van der Waals surface area contributed by atoms with Crippen LogP contribution in [-0.4, -0.2) is 86.9 Å². The number of ether oxygens (including phenoxy) is 2. The Hall–Kier alpha value is -0.420. The number of thioether (sulfide) groups is 1. The van der Waals surface area contributed by atoms with Crippen molar-refractivity contribution in [3.05, 3.63) is 0 Å². The topological polar surface area (TPSA) is 137 Å². The molecular weight excluding hydrogens is 304 g/mol. The summed E-state index contributed by atoms with van der Waals surface area (Å²) in [6, 6.07) is 0. The van der Waals surface area contributed by atoms with Crippen molar-refractivity contribution in [2.24, 2.45) is 0 Å². The number of carboxylic acid groups (broad SMARTS) is 1. The van der Waals surface area contributed by atoms with Crippen LogP contribution in [0.1, 0.15) is 12.8 Å². The fraction of sp³-hybridized carbons (Fsp3) is 0.917. The van der Waals surface area contributed by atoms with E-state index in [0.29, 0.717) is 17.9 Å². The lowest BCUT2D eigenvalue weighted by atomic mass is 9.99. The third kappa shape index (κ3) is 6.07. The SMILES string of the molecule is O=C(O)CCSCCCOC1O[C@H](CO)[C@H](O)[C@H](O)[C@H]1O. The van der Waals surface area contributed by atoms with E-state index in [1.54, 1.807) is 0 Å². The largest absolute Gasteiger partial charge is 0.481 e. The van der Waals surface area contributed by atoms with Gasteiger partial charge < -0.3 is 35.0 Å². The zero-order valence-corrected chi connectivity index (χ0v) is 12.3. The molecule has 1 fully saturated rings. The summed E-state index contributed by atoms with van der Waals surface area (Å²) in [6.45, 7) is -0.237. The predicted molar refractivity (Wildman–Crippen MR) is 73.9 cm³/mol. The first kappa shape index (κ1) is 18.6. The smallest absolute Gasteiger partial charge is 0.304 e. The fourth-order valence-electron chi connectivity index (χ4n) is 1.83. The van der Waals surface area contributed by atoms with Crippen LogP contribution in [0.4, 0.5) is 0 Å². The zero-order chi connectivity index (χ0) is 15.8. The van der Waals surface area contributed by atoms with Gasteiger partial charge in [-0.2, -0.15) is 11.8 Å². The molecule has 1 aliphatic heterocycles. The zero-order valence-electron chi connectivity index (χ0n) is 11.5. The van der Waals surface area contributed by atoms with E-state index < -0.39 is 43.3 Å². The van der Waals surface area contributed by atoms with Crippen molar-refractivity contribution >= 4 is 17.7 Å². The van der Waals surface area contributed by atoms with Crippen LogP contribution in [0.25, 0.3) is 0 Å². The summed E-state index contributed by atoms with van der Waals surface area (Å²) in [5, 5.41) is 46.3. The number of carbonyl (C=O) groups is 1. The van der Waals surface area contributed by atoms with E-state index in [1.807, 2.05) is 0 Å². The average molecular weight is 326 g/mol. The second-order valence-corrected chi connectivity index (χ2v) is 5.90. The van der Waals surface area contributed by atoms with E-state index in [0.717, 1.165) is 0 Å². The van der Waals surface area contributed by atoms with Gasteiger partial charge in [-0.3, -0.25) is 4.79 Å². The van der Waals surface area contributed by atoms with Gasteiger partial charge in [0.05, 0.1) is 19.6 Å². The van der Waals surface area contributed by atoms with Crippen molar-refractivity contribution in [3.8, 4) is 0 Å². The van der Waals surface area contributed by atoms with Crippen LogP contribution in [0.15, 0.2) is 0 Å². The van der Waals surface area contributed by atoms with Crippen molar-refractivity contribution in [2.45, 2.75) is 43.5 Å². The van der Waals surface area contributed by atoms with Gasteiger partial charge in [-0.05, 0) is 12.2 Å². The monoisotopic (exact) mass is 326 g/mol. The Morgan fingerprint density at radius 1 is 1.14 bits per heavy atom. The van der Waals surface area contributed by atoms with Gasteiger partial charge >= 0.3 is 5.97 Å². The molecule has 8 nitrogen and oxygen atoms in total. The Morgan fingerprint density at radius 3 is 2.48 bits per heavy atom. The normalized spacial score (nSPS) is 33.0. The number of carboxylic acids is 1. The molecule has 124 valence electrons. The number of hydrogen-bond acceptors (Lipinski definition) is 8. The average Bonchev–Trinajstić information content (AvgIpc) is 2.45. The van der Waals surface area contributed by atoms with Crippen molar-refractivity contribution in [1.82, 2.24) is 0 Å². The Labute approximate surface area is 126 Å². The lowest BCUT2D eigenvalue weighted by molar-refractivity contribution is -0.300. The van der Waals surface area contributed by atoms with Crippen molar-refractivity contribution in [2.75, 3.05) is 24.7 Å². The van der Waals surface area contributed by atoms with Gasteiger partial charge in [-0.15, -0.1) is 0 Å². The third-order valence-corrected chi connectivity index (χ3v) is 4.09. The molecule has 5 atom stereocenters. The highest BCUT2D eigenvalue weighted by atomic mass is 32.2. The molecule has 9 heteroatoms. The quantitative estimate of drug-likeness (QED) is 0.317. The van der Waals surface area contributed by atoms with Crippen LogP contribution in [0.3, 0.4) is 0 Å². The van der Waals surface area contributed by atoms with Crippen LogP contribution in [0, 0.1) is 0 Å². The predicted octanol–water partition coefficient (Wildman–Crippen LogP) is -1.60. The molecule has 0 aromatic rings. The first-order chi connectivity index (χ1) is 9.97. The second kappa shape index (κ2) is 9.57. The highest BCUT2D eigenvalue weighted by Gasteiger charge is 2.43. The Balaban J connectivity index is 2.20. The van der Waals surface area contributed by atoms with Crippen LogP contribution >= 0.6 is 11.8 Å². The summed E-state index contributed by atoms with van der Waals surface area (Å²) in [5.74, 6) is 0.389. The van der Waals surface area contributed by atoms with E-state index >= 15 is 0 Å². The number of aliphatic hydroxyl groups is 4. The molecule has 0 bridgehead atoms. The van der Waals surface area contributed by atoms with E-state index in [1.165, 1.54) is 11.8 Å². The van der Waals surface area contributed by atoms with E-state index in [4.69, 9.17) is 19.7 Å². The van der Waals surface area contributed by atoms with Gasteiger partial charge in [-0.25, -0.2) is 0 Å². The summed E-state index contributed by atoms with van der Waals surface area (Å²) >= 11 is 1.48. The number of hydrogen-bond donors (Lipinski definition) is 5. The van der Waals surface area contributed by atoms with Crippen LogP contribution in [0.2, 0.25) is 0 Å². The van der Waals surface area contributed by atoms with E-state index in [-0.39, 0.29) is 13.0 Å². The Bertz CT molecular complexity index is 314. The molecule has 1 aliphatic rings. The molecule has 1 rings (SSSR count). The summed E-state index contributed by atoms with van der Waals surface area (Å²) in [4.78, 5) is 10.3. The molecule has 0 radical (unpaired) electrons. The minimum absolute atomic E-state index is 0.109. The molecule has 1 saturated heterocycles. The van der Waals surface area contributed by atoms with Crippen LogP contribution in [-0.2, 0) is 14.3 Å². The lowest BCUT2D eigenvalue weighted by Gasteiger charge is -2.39. The maximum atomic E-state index is 10.3. The summed E-state index contributed by atoms with van der Waals surface area (Å²) in [7, 11) is 0. The molecule has 1 unspecified atom stereocenters. The van der Waals surface area contributed by atoms with Gasteiger partial charge in [0.1, 0.15) is 24.4 Å². The molecule has 0 aromatic heterocycles. The summed E-state index contributed by atoms with van der Waals surface area (Å²) in [5.41, 5.74) is 0. The minimum Gasteiger partial charge on any atom is -0.481 e. The van der Waals surface area contributed by atoms with Crippen molar-refractivity contribution < 1.29 is 39.8 Å². The highest BCUT2D eigenvalue weighted by molar-refractivity contribution is 7.99. The van der Waals surface area contributed by atoms with Gasteiger partial charge in [0, 0.05) is 5.75 Å². The van der Waals surface area contributed by atoms with E-state index in [2.05, 4.69) is 0 Å². The first-order valence-electron chi connectivity index (χ1n) is 6.69. The number of aliphatic hydroxyl groups excluding tert-OH is 4. The Kier molecular flexibility index (Phi) is 8.49. The molecule has 21 heavy (non-hydrogen) atoms. The molecular formula is C12H22O8S. The maximum Gasteiger partial charge on any atom is 0.304 e. The molecule has 5 N–H and O–H groups in total. The van der Waals surface area contributed by atoms with Crippen LogP contribution in [0.5, 0.6) is 0 Å². The minimum atomic E-state index is -1.44. The molecule has 0 aliphatic carbocycles. The van der Waals surface area contributed by atoms with Gasteiger partial charge in [-0.1, -0.05) is 0 Å². The van der Waals surface area contributed by atoms with Crippen molar-refractivity contribution in [1.29, 1.82) is 0 Å². The number of aliphatic carboxylic acids is 1. The summed E-state index contributed by atoms with van der Waals surface area (Å²) < 4.78 is 10.5. The molecule has 0 spiro atoms. The van der Waals surface area contributed by atoms with Gasteiger partial charge in [0.2, 0.25) is 0 Å².